The molecule has 3 heterocycles. The first-order chi connectivity index (χ1) is 46.8. The summed E-state index contributed by atoms with van der Waals surface area (Å²) in [6.45, 7) is 1.86. The largest absolute Gasteiger partial charge is 0.394 e. The zero-order valence-corrected chi connectivity index (χ0v) is 60.6. The number of aliphatic hydroxyl groups is 11. The van der Waals surface area contributed by atoms with Crippen molar-refractivity contribution in [1.82, 2.24) is 5.32 Å². The Kier molecular flexibility index (Phi) is 54.5. The summed E-state index contributed by atoms with van der Waals surface area (Å²) in [7, 11) is 0. The average molecular weight is 1380 g/mol. The van der Waals surface area contributed by atoms with Crippen LogP contribution in [0.2, 0.25) is 0 Å². The van der Waals surface area contributed by atoms with Crippen LogP contribution in [0.25, 0.3) is 0 Å². The third-order valence-electron chi connectivity index (χ3n) is 20.3. The summed E-state index contributed by atoms with van der Waals surface area (Å²) in [6.07, 6.45) is 41.5. The van der Waals surface area contributed by atoms with Gasteiger partial charge in [-0.25, -0.2) is 0 Å². The number of carbonyl (C=O) groups is 1. The quantitative estimate of drug-likeness (QED) is 0.0199. The molecule has 568 valence electrons. The van der Waals surface area contributed by atoms with Gasteiger partial charge < -0.3 is 89.9 Å². The lowest BCUT2D eigenvalue weighted by atomic mass is 9.96. The van der Waals surface area contributed by atoms with Crippen LogP contribution in [-0.4, -0.2) is 193 Å². The molecule has 19 nitrogen and oxygen atoms in total. The summed E-state index contributed by atoms with van der Waals surface area (Å²) in [4.78, 5) is 13.5. The summed E-state index contributed by atoms with van der Waals surface area (Å²) in [5.41, 5.74) is 0. The van der Waals surface area contributed by atoms with Crippen molar-refractivity contribution in [3.05, 3.63) is 12.2 Å². The van der Waals surface area contributed by atoms with E-state index >= 15 is 0 Å². The van der Waals surface area contributed by atoms with E-state index in [1.165, 1.54) is 263 Å². The van der Waals surface area contributed by atoms with E-state index in [1.54, 1.807) is 0 Å². The van der Waals surface area contributed by atoms with Gasteiger partial charge in [-0.3, -0.25) is 4.79 Å². The standard InChI is InChI=1S/C77H147NO18/c1-3-5-7-9-11-13-15-17-19-21-23-25-27-28-29-30-31-33-34-36-38-40-42-44-46-48-50-52-54-61(82)60(78-65(83)55-53-51-49-47-45-43-41-39-37-35-32-26-24-22-20-18-16-14-12-10-8-6-4-2)59-91-75-71(89)68(86)73(63(57-80)93-75)96-77-72(90)69(87)74(64(58-81)94-77)95-76-70(88)67(85)66(84)62(56-79)92-76/h22,24,60-64,66-77,79-82,84-90H,3-21,23,25-59H2,1-2H3,(H,78,83)/b24-22-. The van der Waals surface area contributed by atoms with Gasteiger partial charge in [-0.05, 0) is 38.5 Å². The van der Waals surface area contributed by atoms with Crippen LogP contribution in [0.3, 0.4) is 0 Å². The van der Waals surface area contributed by atoms with Crippen molar-refractivity contribution in [1.29, 1.82) is 0 Å². The minimum atomic E-state index is -1.97. The predicted molar refractivity (Wildman–Crippen MR) is 379 cm³/mol. The topological polar surface area (TPSA) is 307 Å². The van der Waals surface area contributed by atoms with E-state index in [2.05, 4.69) is 31.3 Å². The minimum Gasteiger partial charge on any atom is -0.394 e. The van der Waals surface area contributed by atoms with Gasteiger partial charge in [0.15, 0.2) is 18.9 Å². The summed E-state index contributed by atoms with van der Waals surface area (Å²) in [5, 5.41) is 121. The molecule has 3 saturated heterocycles. The number of ether oxygens (including phenoxy) is 6. The number of allylic oxidation sites excluding steroid dienone is 2. The van der Waals surface area contributed by atoms with Gasteiger partial charge in [0.2, 0.25) is 5.91 Å². The average Bonchev–Trinajstić information content (AvgIpc) is 0.788. The number of unbranched alkanes of at least 4 members (excludes halogenated alkanes) is 46. The number of hydrogen-bond donors (Lipinski definition) is 12. The second kappa shape index (κ2) is 59.0. The highest BCUT2D eigenvalue weighted by molar-refractivity contribution is 5.76. The Balaban J connectivity index is 1.37. The SMILES string of the molecule is CCCCCCCCCC/C=C\CCCCCCCCCCCCCC(=O)NC(COC1OC(CO)C(OC2OC(CO)C(OC3OC(CO)C(O)C(O)C3O)C(O)C2O)C(O)C1O)C(O)CCCCCCCCCCCCCCCCCCCCCCCCCCCCCC. The molecule has 12 N–H and O–H groups in total. The lowest BCUT2D eigenvalue weighted by Gasteiger charge is -2.48. The molecule has 3 fully saturated rings. The summed E-state index contributed by atoms with van der Waals surface area (Å²) in [5.74, 6) is -0.237. The number of nitrogens with one attached hydrogen (secondary N) is 1. The molecule has 17 unspecified atom stereocenters. The lowest BCUT2D eigenvalue weighted by molar-refractivity contribution is -0.379. The molecule has 1 amide bonds. The maximum atomic E-state index is 13.5. The van der Waals surface area contributed by atoms with Crippen molar-refractivity contribution in [2.24, 2.45) is 0 Å². The fourth-order valence-corrected chi connectivity index (χ4v) is 13.9. The summed E-state index contributed by atoms with van der Waals surface area (Å²) < 4.78 is 34.5. The van der Waals surface area contributed by atoms with Crippen LogP contribution >= 0.6 is 0 Å². The molecule has 96 heavy (non-hydrogen) atoms. The van der Waals surface area contributed by atoms with Gasteiger partial charge in [-0.2, -0.15) is 0 Å². The molecule has 3 aliphatic rings. The molecule has 0 aliphatic carbocycles. The number of carbonyl (C=O) groups excluding carboxylic acids is 1. The molecular formula is C77H147NO18. The molecule has 3 aliphatic heterocycles. The van der Waals surface area contributed by atoms with E-state index in [9.17, 15) is 61.0 Å². The van der Waals surface area contributed by atoms with Gasteiger partial charge in [-0.1, -0.05) is 309 Å². The van der Waals surface area contributed by atoms with Gasteiger partial charge in [0.1, 0.15) is 73.2 Å². The second-order valence-corrected chi connectivity index (χ2v) is 28.9. The van der Waals surface area contributed by atoms with E-state index in [0.29, 0.717) is 12.8 Å². The van der Waals surface area contributed by atoms with E-state index in [4.69, 9.17) is 28.4 Å². The van der Waals surface area contributed by atoms with Crippen molar-refractivity contribution < 1.29 is 89.4 Å². The number of hydrogen-bond acceptors (Lipinski definition) is 18. The normalized spacial score (nSPS) is 27.0. The highest BCUT2D eigenvalue weighted by Gasteiger charge is 2.54. The molecular weight excluding hydrogens is 1230 g/mol. The van der Waals surface area contributed by atoms with E-state index in [0.717, 1.165) is 44.9 Å². The van der Waals surface area contributed by atoms with Crippen LogP contribution in [0.4, 0.5) is 0 Å². The highest BCUT2D eigenvalue weighted by atomic mass is 16.8. The summed E-state index contributed by atoms with van der Waals surface area (Å²) >= 11 is 0. The van der Waals surface area contributed by atoms with Crippen molar-refractivity contribution in [3.8, 4) is 0 Å². The first-order valence-electron chi connectivity index (χ1n) is 39.9. The van der Waals surface area contributed by atoms with Crippen molar-refractivity contribution in [3.63, 3.8) is 0 Å². The molecule has 0 radical (unpaired) electrons. The lowest BCUT2D eigenvalue weighted by Crippen LogP contribution is -2.66. The van der Waals surface area contributed by atoms with Gasteiger partial charge in [0.05, 0.1) is 38.6 Å². The van der Waals surface area contributed by atoms with Gasteiger partial charge in [0, 0.05) is 6.42 Å². The maximum absolute atomic E-state index is 13.5. The Morgan fingerprint density at radius 2 is 0.656 bits per heavy atom. The number of rotatable bonds is 64. The van der Waals surface area contributed by atoms with Crippen LogP contribution in [0, 0.1) is 0 Å². The van der Waals surface area contributed by atoms with Crippen molar-refractivity contribution in [2.45, 2.75) is 446 Å². The van der Waals surface area contributed by atoms with Crippen molar-refractivity contribution in [2.75, 3.05) is 26.4 Å². The van der Waals surface area contributed by atoms with E-state index in [-0.39, 0.29) is 18.9 Å². The molecule has 0 spiro atoms. The van der Waals surface area contributed by atoms with E-state index < -0.39 is 124 Å². The summed E-state index contributed by atoms with van der Waals surface area (Å²) in [6, 6.07) is -0.886. The van der Waals surface area contributed by atoms with Crippen molar-refractivity contribution >= 4 is 5.91 Å². The minimum absolute atomic E-state index is 0.237. The van der Waals surface area contributed by atoms with Crippen LogP contribution < -0.4 is 5.32 Å². The molecule has 0 aromatic rings. The highest BCUT2D eigenvalue weighted by Crippen LogP contribution is 2.33. The fourth-order valence-electron chi connectivity index (χ4n) is 13.9. The Bertz CT molecular complexity index is 1790. The van der Waals surface area contributed by atoms with E-state index in [1.807, 2.05) is 0 Å². The Hall–Kier alpha value is -1.47. The third kappa shape index (κ3) is 39.3. The second-order valence-electron chi connectivity index (χ2n) is 28.9. The fraction of sp³-hybridized carbons (Fsp3) is 0.961. The zero-order valence-electron chi connectivity index (χ0n) is 60.6. The maximum Gasteiger partial charge on any atom is 0.220 e. The Morgan fingerprint density at radius 3 is 1.01 bits per heavy atom. The van der Waals surface area contributed by atoms with Crippen LogP contribution in [0.15, 0.2) is 12.2 Å². The first-order valence-corrected chi connectivity index (χ1v) is 39.9. The van der Waals surface area contributed by atoms with Crippen LogP contribution in [0.5, 0.6) is 0 Å². The molecule has 0 aromatic carbocycles. The number of amides is 1. The number of aliphatic hydroxyl groups excluding tert-OH is 11. The molecule has 0 bridgehead atoms. The zero-order chi connectivity index (χ0) is 69.6. The Morgan fingerprint density at radius 1 is 0.365 bits per heavy atom. The monoisotopic (exact) mass is 1370 g/mol. The third-order valence-corrected chi connectivity index (χ3v) is 20.3. The van der Waals surface area contributed by atoms with Crippen LogP contribution in [-0.2, 0) is 33.2 Å². The molecule has 17 atom stereocenters. The molecule has 3 rings (SSSR count). The first kappa shape index (κ1) is 88.7. The van der Waals surface area contributed by atoms with Gasteiger partial charge in [0.25, 0.3) is 0 Å². The molecule has 19 heteroatoms. The predicted octanol–water partition coefficient (Wildman–Crippen LogP) is 12.8. The smallest absolute Gasteiger partial charge is 0.220 e. The van der Waals surface area contributed by atoms with Crippen LogP contribution in [0.1, 0.15) is 341 Å². The van der Waals surface area contributed by atoms with Gasteiger partial charge in [-0.15, -0.1) is 0 Å². The molecule has 0 saturated carbocycles. The Labute approximate surface area is 582 Å². The van der Waals surface area contributed by atoms with Gasteiger partial charge >= 0.3 is 0 Å². The molecule has 0 aromatic heterocycles.